The highest BCUT2D eigenvalue weighted by Crippen LogP contribution is 2.33. The first kappa shape index (κ1) is 10.5. The second kappa shape index (κ2) is 3.00. The zero-order valence-corrected chi connectivity index (χ0v) is 8.09. The van der Waals surface area contributed by atoms with Gasteiger partial charge in [0, 0.05) is 13.2 Å². The van der Waals surface area contributed by atoms with E-state index in [1.807, 2.05) is 4.98 Å². The van der Waals surface area contributed by atoms with Crippen molar-refractivity contribution in [2.45, 2.75) is 6.18 Å². The smallest absolute Gasteiger partial charge is 0.369 e. The maximum atomic E-state index is 12.6. The van der Waals surface area contributed by atoms with Crippen molar-refractivity contribution in [1.82, 2.24) is 14.5 Å². The van der Waals surface area contributed by atoms with E-state index in [2.05, 4.69) is 4.98 Å². The summed E-state index contributed by atoms with van der Waals surface area (Å²) in [5, 5.41) is -0.496. The summed E-state index contributed by atoms with van der Waals surface area (Å²) in [6, 6.07) is 0. The predicted molar refractivity (Wildman–Crippen MR) is 50.7 cm³/mol. The number of aryl methyl sites for hydroxylation is 1. The third kappa shape index (κ3) is 1.42. The molecular formula is C8H7F3N4O. The van der Waals surface area contributed by atoms with Crippen molar-refractivity contribution in [1.29, 1.82) is 0 Å². The van der Waals surface area contributed by atoms with Crippen LogP contribution in [0.3, 0.4) is 0 Å². The number of fused-ring (bicyclic) bond motifs is 1. The minimum atomic E-state index is -4.59. The maximum absolute atomic E-state index is 12.6. The molecule has 0 atom stereocenters. The molecule has 0 aromatic carbocycles. The van der Waals surface area contributed by atoms with Crippen LogP contribution in [0.2, 0.25) is 0 Å². The average Bonchev–Trinajstić information content (AvgIpc) is 2.43. The van der Waals surface area contributed by atoms with Crippen molar-refractivity contribution in [2.75, 3.05) is 5.73 Å². The van der Waals surface area contributed by atoms with Crippen molar-refractivity contribution >= 4 is 17.0 Å². The Kier molecular flexibility index (Phi) is 1.97. The van der Waals surface area contributed by atoms with Crippen LogP contribution < -0.4 is 11.3 Å². The average molecular weight is 232 g/mol. The zero-order chi connectivity index (χ0) is 12.1. The largest absolute Gasteiger partial charge is 0.418 e. The molecular weight excluding hydrogens is 225 g/mol. The minimum absolute atomic E-state index is 0.0893. The highest BCUT2D eigenvalue weighted by molar-refractivity contribution is 5.80. The summed E-state index contributed by atoms with van der Waals surface area (Å²) in [6.45, 7) is 0. The van der Waals surface area contributed by atoms with Gasteiger partial charge in [0.25, 0.3) is 5.56 Å². The Bertz CT molecular complexity index is 610. The molecule has 0 aliphatic carbocycles. The number of halogens is 3. The molecule has 0 spiro atoms. The quantitative estimate of drug-likeness (QED) is 0.707. The summed E-state index contributed by atoms with van der Waals surface area (Å²) in [7, 11) is 1.36. The molecule has 8 heteroatoms. The highest BCUT2D eigenvalue weighted by atomic mass is 19.4. The topological polar surface area (TPSA) is 76.7 Å². The Morgan fingerprint density at radius 1 is 1.50 bits per heavy atom. The number of nitrogens with one attached hydrogen (secondary N) is 1. The molecule has 0 saturated carbocycles. The van der Waals surface area contributed by atoms with Gasteiger partial charge < -0.3 is 10.3 Å². The molecule has 0 bridgehead atoms. The summed E-state index contributed by atoms with van der Waals surface area (Å²) in [4.78, 5) is 17.1. The van der Waals surface area contributed by atoms with E-state index in [-0.39, 0.29) is 11.6 Å². The van der Waals surface area contributed by atoms with Crippen LogP contribution in [0.25, 0.3) is 11.0 Å². The van der Waals surface area contributed by atoms with E-state index >= 15 is 0 Å². The van der Waals surface area contributed by atoms with Gasteiger partial charge in [0.1, 0.15) is 5.65 Å². The Hall–Kier alpha value is -1.99. The van der Waals surface area contributed by atoms with E-state index in [4.69, 9.17) is 5.73 Å². The van der Waals surface area contributed by atoms with Crippen LogP contribution in [-0.4, -0.2) is 14.5 Å². The van der Waals surface area contributed by atoms with Crippen molar-refractivity contribution in [3.05, 3.63) is 22.1 Å². The number of aromatic nitrogens is 3. The van der Waals surface area contributed by atoms with E-state index < -0.39 is 22.7 Å². The minimum Gasteiger partial charge on any atom is -0.369 e. The number of H-pyrrole nitrogens is 1. The third-order valence-electron chi connectivity index (χ3n) is 2.15. The lowest BCUT2D eigenvalue weighted by atomic mass is 10.2. The first-order chi connectivity index (χ1) is 7.30. The van der Waals surface area contributed by atoms with Gasteiger partial charge in [-0.25, -0.2) is 0 Å². The molecule has 0 amide bonds. The number of rotatable bonds is 0. The molecule has 2 aromatic rings. The fourth-order valence-corrected chi connectivity index (χ4v) is 1.51. The second-order valence-corrected chi connectivity index (χ2v) is 3.30. The van der Waals surface area contributed by atoms with Gasteiger partial charge >= 0.3 is 6.18 Å². The van der Waals surface area contributed by atoms with Crippen LogP contribution in [-0.2, 0) is 13.2 Å². The van der Waals surface area contributed by atoms with Crippen molar-refractivity contribution < 1.29 is 13.2 Å². The van der Waals surface area contributed by atoms with Gasteiger partial charge in [0.05, 0.1) is 10.9 Å². The van der Waals surface area contributed by atoms with Crippen molar-refractivity contribution in [3.63, 3.8) is 0 Å². The second-order valence-electron chi connectivity index (χ2n) is 3.30. The Morgan fingerprint density at radius 2 is 2.12 bits per heavy atom. The van der Waals surface area contributed by atoms with Crippen LogP contribution in [0, 0.1) is 0 Å². The number of hydrogen-bond donors (Lipinski definition) is 2. The highest BCUT2D eigenvalue weighted by Gasteiger charge is 2.36. The van der Waals surface area contributed by atoms with E-state index in [0.29, 0.717) is 0 Å². The fourth-order valence-electron chi connectivity index (χ4n) is 1.51. The third-order valence-corrected chi connectivity index (χ3v) is 2.15. The monoisotopic (exact) mass is 232 g/mol. The molecule has 0 unspecified atom stereocenters. The van der Waals surface area contributed by atoms with Gasteiger partial charge in [-0.05, 0) is 0 Å². The van der Waals surface area contributed by atoms with Crippen molar-refractivity contribution in [3.8, 4) is 0 Å². The summed E-state index contributed by atoms with van der Waals surface area (Å²) in [6.07, 6.45) is -3.78. The lowest BCUT2D eigenvalue weighted by Gasteiger charge is -2.02. The standard InChI is InChI=1S/C8H7F3N4O/c1-15-2-3(8(9,10)11)4-5(15)13-7(12)14-6(4)16/h2H,1H3,(H3,12,13,14,16). The van der Waals surface area contributed by atoms with Crippen LogP contribution in [0.5, 0.6) is 0 Å². The normalized spacial score (nSPS) is 12.2. The van der Waals surface area contributed by atoms with Gasteiger partial charge in [-0.1, -0.05) is 0 Å². The fraction of sp³-hybridized carbons (Fsp3) is 0.250. The van der Waals surface area contributed by atoms with Crippen LogP contribution in [0.1, 0.15) is 5.56 Å². The van der Waals surface area contributed by atoms with E-state index in [1.54, 1.807) is 0 Å². The number of nitrogens with two attached hydrogens (primary N) is 1. The molecule has 0 fully saturated rings. The molecule has 0 aliphatic heterocycles. The van der Waals surface area contributed by atoms with Crippen LogP contribution in [0.15, 0.2) is 11.0 Å². The summed E-state index contributed by atoms with van der Waals surface area (Å²) < 4.78 is 38.9. The summed E-state index contributed by atoms with van der Waals surface area (Å²) in [5.41, 5.74) is 3.25. The van der Waals surface area contributed by atoms with Crippen LogP contribution >= 0.6 is 0 Å². The van der Waals surface area contributed by atoms with E-state index in [0.717, 1.165) is 10.8 Å². The number of anilines is 1. The molecule has 0 aliphatic rings. The number of alkyl halides is 3. The van der Waals surface area contributed by atoms with Gasteiger partial charge in [-0.3, -0.25) is 9.78 Å². The van der Waals surface area contributed by atoms with Crippen LogP contribution in [0.4, 0.5) is 19.1 Å². The number of hydrogen-bond acceptors (Lipinski definition) is 3. The van der Waals surface area contributed by atoms with Gasteiger partial charge in [0.2, 0.25) is 5.95 Å². The van der Waals surface area contributed by atoms with Gasteiger partial charge in [-0.15, -0.1) is 0 Å². The predicted octanol–water partition coefficient (Wildman–Crippen LogP) is 0.863. The molecule has 16 heavy (non-hydrogen) atoms. The molecule has 5 nitrogen and oxygen atoms in total. The number of nitrogen functional groups attached to an aromatic ring is 1. The lowest BCUT2D eigenvalue weighted by Crippen LogP contribution is -2.14. The lowest BCUT2D eigenvalue weighted by molar-refractivity contribution is -0.136. The molecule has 2 rings (SSSR count). The molecule has 86 valence electrons. The Labute approximate surface area is 86.7 Å². The van der Waals surface area contributed by atoms with Gasteiger partial charge in [-0.2, -0.15) is 18.2 Å². The number of aromatic amines is 1. The Morgan fingerprint density at radius 3 is 2.69 bits per heavy atom. The summed E-state index contributed by atoms with van der Waals surface area (Å²) in [5.74, 6) is -0.215. The first-order valence-corrected chi connectivity index (χ1v) is 4.22. The summed E-state index contributed by atoms with van der Waals surface area (Å²) >= 11 is 0. The maximum Gasteiger partial charge on any atom is 0.418 e. The molecule has 2 heterocycles. The van der Waals surface area contributed by atoms with E-state index in [1.165, 1.54) is 7.05 Å². The SMILES string of the molecule is Cn1cc(C(F)(F)F)c2c(=O)[nH]c(N)nc21. The van der Waals surface area contributed by atoms with Crippen molar-refractivity contribution in [2.24, 2.45) is 7.05 Å². The molecule has 2 aromatic heterocycles. The van der Waals surface area contributed by atoms with E-state index in [9.17, 15) is 18.0 Å². The molecule has 0 saturated heterocycles. The molecule has 0 radical (unpaired) electrons. The zero-order valence-electron chi connectivity index (χ0n) is 8.09. The number of nitrogens with zero attached hydrogens (tertiary/aromatic N) is 2. The molecule has 3 N–H and O–H groups in total. The first-order valence-electron chi connectivity index (χ1n) is 4.22. The van der Waals surface area contributed by atoms with Gasteiger partial charge in [0.15, 0.2) is 0 Å². The Balaban J connectivity index is 2.95.